The van der Waals surface area contributed by atoms with Gasteiger partial charge in [-0.25, -0.2) is 0 Å². The second-order valence-corrected chi connectivity index (χ2v) is 16.2. The van der Waals surface area contributed by atoms with Crippen molar-refractivity contribution in [3.05, 3.63) is 12.2 Å². The zero-order valence-corrected chi connectivity index (χ0v) is 36.0. The lowest BCUT2D eigenvalue weighted by molar-refractivity contribution is -0.332. The third-order valence-electron chi connectivity index (χ3n) is 11.0. The standard InChI is InChI=1S/C44H80O15/c1-3-5-7-9-11-13-15-17-19-21-23-25-27-36(47)57-32(29-54-35(46)26-24-22-20-18-16-14-12-10-8-6-4-2)30-55-43-42(53)40(51)38(49)34(59-43)31-56-44-41(52)39(50)37(48)33(28-45)58-44/h11,13,32-34,37-45,48-53H,3-10,12,14-31H2,1-2H3/b13-11-. The monoisotopic (exact) mass is 849 g/mol. The van der Waals surface area contributed by atoms with Gasteiger partial charge in [0.05, 0.1) is 19.8 Å². The minimum Gasteiger partial charge on any atom is -0.462 e. The first-order chi connectivity index (χ1) is 28.5. The van der Waals surface area contributed by atoms with Crippen LogP contribution in [-0.2, 0) is 38.0 Å². The summed E-state index contributed by atoms with van der Waals surface area (Å²) in [5.41, 5.74) is 0. The van der Waals surface area contributed by atoms with E-state index in [0.717, 1.165) is 57.8 Å². The van der Waals surface area contributed by atoms with Gasteiger partial charge in [-0.15, -0.1) is 0 Å². The van der Waals surface area contributed by atoms with E-state index < -0.39 is 92.7 Å². The van der Waals surface area contributed by atoms with Crippen LogP contribution in [0.1, 0.15) is 162 Å². The first-order valence-corrected chi connectivity index (χ1v) is 22.8. The summed E-state index contributed by atoms with van der Waals surface area (Å²) in [4.78, 5) is 25.6. The van der Waals surface area contributed by atoms with Crippen molar-refractivity contribution in [2.75, 3.05) is 26.4 Å². The maximum absolute atomic E-state index is 12.9. The zero-order valence-electron chi connectivity index (χ0n) is 36.0. The van der Waals surface area contributed by atoms with Crippen LogP contribution < -0.4 is 0 Å². The van der Waals surface area contributed by atoms with Crippen molar-refractivity contribution in [3.63, 3.8) is 0 Å². The molecule has 11 atom stereocenters. The van der Waals surface area contributed by atoms with E-state index in [-0.39, 0.29) is 26.1 Å². The Labute approximate surface area is 352 Å². The summed E-state index contributed by atoms with van der Waals surface area (Å²) >= 11 is 0. The number of unbranched alkanes of at least 4 members (excludes halogenated alkanes) is 18. The topological polar surface area (TPSA) is 231 Å². The first-order valence-electron chi connectivity index (χ1n) is 22.8. The van der Waals surface area contributed by atoms with Gasteiger partial charge in [-0.3, -0.25) is 9.59 Å². The number of hydrogen-bond acceptors (Lipinski definition) is 15. The Hall–Kier alpha value is -1.76. The van der Waals surface area contributed by atoms with Crippen molar-refractivity contribution >= 4 is 11.9 Å². The Balaban J connectivity index is 1.87. The number of ether oxygens (including phenoxy) is 6. The highest BCUT2D eigenvalue weighted by Gasteiger charge is 2.47. The summed E-state index contributed by atoms with van der Waals surface area (Å²) in [5, 5.41) is 71.8. The average Bonchev–Trinajstić information content (AvgIpc) is 3.23. The van der Waals surface area contributed by atoms with Crippen LogP contribution in [0.5, 0.6) is 0 Å². The van der Waals surface area contributed by atoms with Crippen molar-refractivity contribution in [3.8, 4) is 0 Å². The molecule has 2 aliphatic heterocycles. The van der Waals surface area contributed by atoms with Crippen molar-refractivity contribution in [2.45, 2.75) is 229 Å². The lowest BCUT2D eigenvalue weighted by Gasteiger charge is -2.42. The molecule has 0 radical (unpaired) electrons. The van der Waals surface area contributed by atoms with Gasteiger partial charge >= 0.3 is 11.9 Å². The molecule has 0 bridgehead atoms. The molecule has 59 heavy (non-hydrogen) atoms. The molecule has 11 unspecified atom stereocenters. The van der Waals surface area contributed by atoms with Crippen molar-refractivity contribution in [1.82, 2.24) is 0 Å². The highest BCUT2D eigenvalue weighted by atomic mass is 16.7. The summed E-state index contributed by atoms with van der Waals surface area (Å²) in [5.74, 6) is -0.933. The molecule has 15 nitrogen and oxygen atoms in total. The number of hydrogen-bond donors (Lipinski definition) is 7. The molecule has 15 heteroatoms. The van der Waals surface area contributed by atoms with Gasteiger partial charge in [-0.1, -0.05) is 122 Å². The maximum atomic E-state index is 12.9. The Bertz CT molecular complexity index is 1090. The molecule has 0 spiro atoms. The summed E-state index contributed by atoms with van der Waals surface area (Å²) in [6, 6.07) is 0. The lowest BCUT2D eigenvalue weighted by atomic mass is 9.98. The van der Waals surface area contributed by atoms with Crippen LogP contribution in [0.25, 0.3) is 0 Å². The van der Waals surface area contributed by atoms with Gasteiger partial charge in [0, 0.05) is 12.8 Å². The van der Waals surface area contributed by atoms with Crippen molar-refractivity contribution < 1.29 is 73.8 Å². The number of esters is 2. The highest BCUT2D eigenvalue weighted by molar-refractivity contribution is 5.70. The van der Waals surface area contributed by atoms with Crippen LogP contribution in [0.2, 0.25) is 0 Å². The molecule has 0 amide bonds. The van der Waals surface area contributed by atoms with E-state index in [2.05, 4.69) is 26.0 Å². The molecular weight excluding hydrogens is 768 g/mol. The van der Waals surface area contributed by atoms with Crippen molar-refractivity contribution in [1.29, 1.82) is 0 Å². The van der Waals surface area contributed by atoms with Crippen LogP contribution in [0.4, 0.5) is 0 Å². The molecule has 2 rings (SSSR count). The van der Waals surface area contributed by atoms with Gasteiger partial charge < -0.3 is 64.2 Å². The fraction of sp³-hybridized carbons (Fsp3) is 0.909. The molecule has 0 aromatic rings. The molecule has 2 aliphatic rings. The molecule has 2 fully saturated rings. The zero-order chi connectivity index (χ0) is 43.3. The lowest BCUT2D eigenvalue weighted by Crippen LogP contribution is -2.61. The van der Waals surface area contributed by atoms with Crippen molar-refractivity contribution in [2.24, 2.45) is 0 Å². The molecule has 0 aliphatic carbocycles. The minimum absolute atomic E-state index is 0.158. The number of carbonyl (C=O) groups excluding carboxylic acids is 2. The average molecular weight is 849 g/mol. The number of aliphatic hydroxyl groups is 7. The van der Waals surface area contributed by atoms with E-state index in [1.807, 2.05) is 0 Å². The van der Waals surface area contributed by atoms with Crippen LogP contribution in [0, 0.1) is 0 Å². The summed E-state index contributed by atoms with van der Waals surface area (Å²) in [6.45, 7) is 2.53. The van der Waals surface area contributed by atoms with Gasteiger partial charge in [0.15, 0.2) is 18.7 Å². The predicted octanol–water partition coefficient (Wildman–Crippen LogP) is 4.65. The smallest absolute Gasteiger partial charge is 0.306 e. The number of rotatable bonds is 34. The Morgan fingerprint density at radius 1 is 0.525 bits per heavy atom. The maximum Gasteiger partial charge on any atom is 0.306 e. The Kier molecular flexibility index (Phi) is 29.8. The molecule has 0 aromatic heterocycles. The minimum atomic E-state index is -1.76. The van der Waals surface area contributed by atoms with E-state index in [4.69, 9.17) is 28.4 Å². The molecule has 346 valence electrons. The first kappa shape index (κ1) is 53.4. The molecular formula is C44H80O15. The van der Waals surface area contributed by atoms with Gasteiger partial charge in [-0.05, 0) is 38.5 Å². The Morgan fingerprint density at radius 3 is 1.53 bits per heavy atom. The quantitative estimate of drug-likeness (QED) is 0.0266. The van der Waals surface area contributed by atoms with Crippen LogP contribution in [-0.4, -0.2) is 142 Å². The van der Waals surface area contributed by atoms with E-state index in [1.165, 1.54) is 64.2 Å². The largest absolute Gasteiger partial charge is 0.462 e. The Morgan fingerprint density at radius 2 is 0.966 bits per heavy atom. The third-order valence-corrected chi connectivity index (χ3v) is 11.0. The predicted molar refractivity (Wildman–Crippen MR) is 220 cm³/mol. The molecule has 0 aromatic carbocycles. The van der Waals surface area contributed by atoms with Gasteiger partial charge in [-0.2, -0.15) is 0 Å². The second kappa shape index (κ2) is 32.9. The number of carbonyl (C=O) groups is 2. The highest BCUT2D eigenvalue weighted by Crippen LogP contribution is 2.26. The fourth-order valence-electron chi connectivity index (χ4n) is 7.15. The third kappa shape index (κ3) is 22.2. The summed E-state index contributed by atoms with van der Waals surface area (Å²) < 4.78 is 33.4. The second-order valence-electron chi connectivity index (χ2n) is 16.2. The normalized spacial score (nSPS) is 27.9. The number of aliphatic hydroxyl groups excluding tert-OH is 7. The molecule has 7 N–H and O–H groups in total. The fourth-order valence-corrected chi connectivity index (χ4v) is 7.15. The summed E-state index contributed by atoms with van der Waals surface area (Å²) in [7, 11) is 0. The summed E-state index contributed by atoms with van der Waals surface area (Å²) in [6.07, 6.45) is 11.2. The van der Waals surface area contributed by atoms with Crippen LogP contribution in [0.3, 0.4) is 0 Å². The van der Waals surface area contributed by atoms with E-state index in [1.54, 1.807) is 0 Å². The van der Waals surface area contributed by atoms with Gasteiger partial charge in [0.1, 0.15) is 55.4 Å². The molecule has 2 heterocycles. The number of allylic oxidation sites excluding steroid dienone is 2. The molecule has 0 saturated carbocycles. The van der Waals surface area contributed by atoms with Crippen LogP contribution in [0.15, 0.2) is 12.2 Å². The van der Waals surface area contributed by atoms with Gasteiger partial charge in [0.2, 0.25) is 0 Å². The van der Waals surface area contributed by atoms with Gasteiger partial charge in [0.25, 0.3) is 0 Å². The van der Waals surface area contributed by atoms with E-state index >= 15 is 0 Å². The molecule has 2 saturated heterocycles. The van der Waals surface area contributed by atoms with Crippen LogP contribution >= 0.6 is 0 Å². The van der Waals surface area contributed by atoms with E-state index in [0.29, 0.717) is 12.8 Å². The van der Waals surface area contributed by atoms with E-state index in [9.17, 15) is 45.3 Å². The SMILES string of the molecule is CCCCC/C=C\CCCCCCCC(=O)OC(COC(=O)CCCCCCCCCCCCC)COC1OC(COC2OC(CO)C(O)C(O)C2O)C(O)C(O)C1O.